The molecular weight excluding hydrogens is 436 g/mol. The summed E-state index contributed by atoms with van der Waals surface area (Å²) in [5.74, 6) is -1.62. The number of carbonyl (C=O) groups is 3. The van der Waals surface area contributed by atoms with Crippen LogP contribution in [0, 0.1) is 6.92 Å². The third-order valence-electron chi connectivity index (χ3n) is 6.02. The zero-order chi connectivity index (χ0) is 24.8. The van der Waals surface area contributed by atoms with Gasteiger partial charge in [0.1, 0.15) is 22.8 Å². The molecule has 2 aromatic rings. The zero-order valence-electron chi connectivity index (χ0n) is 20.0. The SMILES string of the molecule is CCCCCC(=O)Cc1cc(O)cc2c1C(=O)Oc1cc(C)c(C(=O)O)c(CCCCC)c1O2. The number of phenolic OH excluding ortho intramolecular Hbond substituents is 1. The van der Waals surface area contributed by atoms with Crippen molar-refractivity contribution < 1.29 is 34.1 Å². The molecule has 0 radical (unpaired) electrons. The lowest BCUT2D eigenvalue weighted by atomic mass is 9.95. The molecule has 2 N–H and O–H groups in total. The Balaban J connectivity index is 2.07. The van der Waals surface area contributed by atoms with Gasteiger partial charge in [-0.25, -0.2) is 9.59 Å². The van der Waals surface area contributed by atoms with Crippen molar-refractivity contribution in [2.45, 2.75) is 78.6 Å². The van der Waals surface area contributed by atoms with Crippen LogP contribution in [-0.2, 0) is 17.6 Å². The number of phenols is 1. The van der Waals surface area contributed by atoms with Crippen LogP contribution in [0.15, 0.2) is 18.2 Å². The molecule has 3 rings (SSSR count). The molecule has 0 fully saturated rings. The smallest absolute Gasteiger partial charge is 0.347 e. The summed E-state index contributed by atoms with van der Waals surface area (Å²) in [6.07, 6.45) is 6.10. The van der Waals surface area contributed by atoms with E-state index in [1.807, 2.05) is 0 Å². The standard InChI is InChI=1S/C27H32O7/c1-4-6-8-10-18(28)13-17-14-19(29)15-21-24(17)27(32)34-22-12-16(3)23(26(30)31)20(25(22)33-21)11-9-7-5-2/h12,14-15,29H,4-11,13H2,1-3H3,(H,30,31). The molecule has 7 nitrogen and oxygen atoms in total. The van der Waals surface area contributed by atoms with E-state index >= 15 is 0 Å². The van der Waals surface area contributed by atoms with E-state index in [-0.39, 0.29) is 46.3 Å². The number of fused-ring (bicyclic) bond motifs is 2. The maximum Gasteiger partial charge on any atom is 0.347 e. The number of rotatable bonds is 11. The molecule has 0 aliphatic carbocycles. The van der Waals surface area contributed by atoms with Crippen LogP contribution in [0.2, 0.25) is 0 Å². The Morgan fingerprint density at radius 1 is 0.941 bits per heavy atom. The van der Waals surface area contributed by atoms with E-state index < -0.39 is 11.9 Å². The quantitative estimate of drug-likeness (QED) is 0.231. The summed E-state index contributed by atoms with van der Waals surface area (Å²) >= 11 is 0. The highest BCUT2D eigenvalue weighted by Crippen LogP contribution is 2.45. The van der Waals surface area contributed by atoms with E-state index in [1.165, 1.54) is 18.2 Å². The molecule has 182 valence electrons. The first-order valence-electron chi connectivity index (χ1n) is 11.9. The maximum atomic E-state index is 13.1. The van der Waals surface area contributed by atoms with Crippen LogP contribution < -0.4 is 9.47 Å². The van der Waals surface area contributed by atoms with Gasteiger partial charge in [-0.15, -0.1) is 0 Å². The van der Waals surface area contributed by atoms with Gasteiger partial charge in [0.05, 0.1) is 5.56 Å². The molecule has 7 heteroatoms. The number of carboxylic acid groups (broad SMARTS) is 1. The molecule has 0 aromatic heterocycles. The molecule has 0 saturated carbocycles. The molecule has 0 bridgehead atoms. The van der Waals surface area contributed by atoms with Gasteiger partial charge in [-0.05, 0) is 49.4 Å². The summed E-state index contributed by atoms with van der Waals surface area (Å²) < 4.78 is 11.8. The number of carboxylic acids is 1. The van der Waals surface area contributed by atoms with E-state index in [9.17, 15) is 24.6 Å². The highest BCUT2D eigenvalue weighted by Gasteiger charge is 2.31. The van der Waals surface area contributed by atoms with Crippen molar-refractivity contribution in [3.8, 4) is 23.0 Å². The monoisotopic (exact) mass is 468 g/mol. The fourth-order valence-electron chi connectivity index (χ4n) is 4.35. The second kappa shape index (κ2) is 11.2. The number of Topliss-reactive ketones (excluding diaryl/α,β-unsaturated/α-hetero) is 1. The Morgan fingerprint density at radius 2 is 1.65 bits per heavy atom. The maximum absolute atomic E-state index is 13.1. The van der Waals surface area contributed by atoms with Crippen LogP contribution in [-0.4, -0.2) is 27.9 Å². The van der Waals surface area contributed by atoms with E-state index in [0.29, 0.717) is 29.5 Å². The van der Waals surface area contributed by atoms with Crippen molar-refractivity contribution in [2.24, 2.45) is 0 Å². The molecule has 0 spiro atoms. The lowest BCUT2D eigenvalue weighted by Crippen LogP contribution is -2.13. The van der Waals surface area contributed by atoms with Gasteiger partial charge in [0, 0.05) is 24.5 Å². The minimum atomic E-state index is -1.08. The highest BCUT2D eigenvalue weighted by molar-refractivity contribution is 6.00. The topological polar surface area (TPSA) is 110 Å². The fourth-order valence-corrected chi connectivity index (χ4v) is 4.35. The van der Waals surface area contributed by atoms with Crippen molar-refractivity contribution in [3.05, 3.63) is 46.0 Å². The third-order valence-corrected chi connectivity index (χ3v) is 6.02. The summed E-state index contributed by atoms with van der Waals surface area (Å²) in [5.41, 5.74) is 1.45. The number of unbranched alkanes of at least 4 members (excludes halogenated alkanes) is 4. The van der Waals surface area contributed by atoms with Crippen molar-refractivity contribution in [1.29, 1.82) is 0 Å². The molecule has 1 aliphatic rings. The number of esters is 1. The van der Waals surface area contributed by atoms with Crippen LogP contribution in [0.4, 0.5) is 0 Å². The first-order chi connectivity index (χ1) is 16.3. The lowest BCUT2D eigenvalue weighted by Gasteiger charge is -2.17. The Hall–Kier alpha value is -3.35. The van der Waals surface area contributed by atoms with E-state index in [2.05, 4.69) is 13.8 Å². The lowest BCUT2D eigenvalue weighted by molar-refractivity contribution is -0.118. The Morgan fingerprint density at radius 3 is 2.32 bits per heavy atom. The minimum absolute atomic E-state index is 0.0297. The van der Waals surface area contributed by atoms with Crippen molar-refractivity contribution >= 4 is 17.7 Å². The summed E-state index contributed by atoms with van der Waals surface area (Å²) in [7, 11) is 0. The van der Waals surface area contributed by atoms with Gasteiger partial charge in [0.25, 0.3) is 0 Å². The molecule has 0 unspecified atom stereocenters. The molecular formula is C27H32O7. The Bertz CT molecular complexity index is 1100. The van der Waals surface area contributed by atoms with Crippen LogP contribution in [0.5, 0.6) is 23.0 Å². The number of ketones is 1. The molecule has 1 aliphatic heterocycles. The van der Waals surface area contributed by atoms with E-state index in [4.69, 9.17) is 9.47 Å². The summed E-state index contributed by atoms with van der Waals surface area (Å²) in [4.78, 5) is 37.7. The van der Waals surface area contributed by atoms with Gasteiger partial charge < -0.3 is 19.7 Å². The van der Waals surface area contributed by atoms with E-state index in [1.54, 1.807) is 6.92 Å². The van der Waals surface area contributed by atoms with Crippen molar-refractivity contribution in [2.75, 3.05) is 0 Å². The normalized spacial score (nSPS) is 12.3. The van der Waals surface area contributed by atoms with Crippen molar-refractivity contribution in [1.82, 2.24) is 0 Å². The predicted molar refractivity (Wildman–Crippen MR) is 127 cm³/mol. The van der Waals surface area contributed by atoms with Crippen LogP contribution in [0.3, 0.4) is 0 Å². The number of aromatic carboxylic acids is 1. The van der Waals surface area contributed by atoms with Crippen LogP contribution in [0.1, 0.15) is 96.2 Å². The predicted octanol–water partition coefficient (Wildman–Crippen LogP) is 6.15. The summed E-state index contributed by atoms with van der Waals surface area (Å²) in [6.45, 7) is 5.76. The molecule has 0 saturated heterocycles. The summed E-state index contributed by atoms with van der Waals surface area (Å²) in [5, 5.41) is 20.2. The fraction of sp³-hybridized carbons (Fsp3) is 0.444. The van der Waals surface area contributed by atoms with Crippen LogP contribution >= 0.6 is 0 Å². The molecule has 34 heavy (non-hydrogen) atoms. The van der Waals surface area contributed by atoms with E-state index in [0.717, 1.165) is 38.5 Å². The van der Waals surface area contributed by atoms with Gasteiger partial charge in [-0.3, -0.25) is 4.79 Å². The Kier molecular flexibility index (Phi) is 8.31. The molecule has 2 aromatic carbocycles. The molecule has 1 heterocycles. The number of aromatic hydroxyl groups is 1. The van der Waals surface area contributed by atoms with Gasteiger partial charge in [-0.2, -0.15) is 0 Å². The summed E-state index contributed by atoms with van der Waals surface area (Å²) in [6, 6.07) is 4.17. The first kappa shape index (κ1) is 25.3. The Labute approximate surface area is 199 Å². The average molecular weight is 469 g/mol. The van der Waals surface area contributed by atoms with Crippen LogP contribution in [0.25, 0.3) is 0 Å². The number of aryl methyl sites for hydroxylation is 1. The number of carbonyl (C=O) groups excluding carboxylic acids is 2. The minimum Gasteiger partial charge on any atom is -0.508 e. The van der Waals surface area contributed by atoms with Gasteiger partial charge in [0.2, 0.25) is 0 Å². The molecule has 0 atom stereocenters. The van der Waals surface area contributed by atoms with Gasteiger partial charge in [-0.1, -0.05) is 39.5 Å². The zero-order valence-corrected chi connectivity index (χ0v) is 20.0. The van der Waals surface area contributed by atoms with Gasteiger partial charge >= 0.3 is 11.9 Å². The van der Waals surface area contributed by atoms with Crippen molar-refractivity contribution in [3.63, 3.8) is 0 Å². The van der Waals surface area contributed by atoms with Gasteiger partial charge in [0.15, 0.2) is 11.5 Å². The number of hydrogen-bond donors (Lipinski definition) is 2. The second-order valence-corrected chi connectivity index (χ2v) is 8.78. The highest BCUT2D eigenvalue weighted by atomic mass is 16.6. The molecule has 0 amide bonds. The number of benzene rings is 2. The third kappa shape index (κ3) is 5.58. The second-order valence-electron chi connectivity index (χ2n) is 8.78. The number of hydrogen-bond acceptors (Lipinski definition) is 6. The average Bonchev–Trinajstić information content (AvgIpc) is 2.89. The number of ether oxygens (including phenoxy) is 2. The largest absolute Gasteiger partial charge is 0.508 e. The first-order valence-corrected chi connectivity index (χ1v) is 11.9.